The van der Waals surface area contributed by atoms with Gasteiger partial charge in [-0.1, -0.05) is 32.4 Å². The van der Waals surface area contributed by atoms with Crippen LogP contribution in [0.25, 0.3) is 0 Å². The van der Waals surface area contributed by atoms with Crippen molar-refractivity contribution in [2.45, 2.75) is 85.5 Å². The summed E-state index contributed by atoms with van der Waals surface area (Å²) < 4.78 is 11.5. The van der Waals surface area contributed by atoms with Gasteiger partial charge < -0.3 is 14.8 Å². The zero-order chi connectivity index (χ0) is 21.9. The highest BCUT2D eigenvalue weighted by molar-refractivity contribution is 5.30. The molecule has 0 aliphatic rings. The van der Waals surface area contributed by atoms with Gasteiger partial charge in [-0.15, -0.1) is 0 Å². The lowest BCUT2D eigenvalue weighted by molar-refractivity contribution is -0.671. The topological polar surface area (TPSA) is 35.1 Å². The van der Waals surface area contributed by atoms with Crippen molar-refractivity contribution in [3.8, 4) is 11.5 Å². The molecule has 0 amide bonds. The van der Waals surface area contributed by atoms with Crippen LogP contribution in [0.3, 0.4) is 0 Å². The van der Waals surface area contributed by atoms with E-state index >= 15 is 0 Å². The molecule has 0 bridgehead atoms. The van der Waals surface area contributed by atoms with E-state index in [4.69, 9.17) is 9.47 Å². The van der Waals surface area contributed by atoms with E-state index in [0.29, 0.717) is 5.92 Å². The summed E-state index contributed by atoms with van der Waals surface area (Å²) in [7, 11) is 0. The SMILES string of the molecule is CC(C)CC[C@@H](CC[NH2+]Cc1ccc(OC(C)C)cc1)c1ccc(OC(C)C)cc1. The first-order valence-corrected chi connectivity index (χ1v) is 11.7. The zero-order valence-electron chi connectivity index (χ0n) is 19.9. The Morgan fingerprint density at radius 1 is 0.667 bits per heavy atom. The normalized spacial score (nSPS) is 12.6. The zero-order valence-corrected chi connectivity index (χ0v) is 19.9. The molecule has 0 aliphatic heterocycles. The summed E-state index contributed by atoms with van der Waals surface area (Å²) in [6, 6.07) is 17.3. The van der Waals surface area contributed by atoms with Crippen LogP contribution in [0.1, 0.15) is 77.8 Å². The van der Waals surface area contributed by atoms with Crippen molar-refractivity contribution in [3.05, 3.63) is 59.7 Å². The van der Waals surface area contributed by atoms with E-state index in [1.165, 1.54) is 30.4 Å². The van der Waals surface area contributed by atoms with Gasteiger partial charge in [0.25, 0.3) is 0 Å². The Morgan fingerprint density at radius 3 is 1.70 bits per heavy atom. The molecule has 0 saturated heterocycles. The number of hydrogen-bond acceptors (Lipinski definition) is 2. The third kappa shape index (κ3) is 9.21. The van der Waals surface area contributed by atoms with Gasteiger partial charge in [-0.25, -0.2) is 0 Å². The fourth-order valence-corrected chi connectivity index (χ4v) is 3.67. The molecule has 2 aromatic rings. The van der Waals surface area contributed by atoms with Crippen LogP contribution in [0.2, 0.25) is 0 Å². The van der Waals surface area contributed by atoms with Crippen molar-refractivity contribution in [1.82, 2.24) is 0 Å². The summed E-state index contributed by atoms with van der Waals surface area (Å²) in [4.78, 5) is 0. The number of benzene rings is 2. The number of rotatable bonds is 13. The van der Waals surface area contributed by atoms with Crippen molar-refractivity contribution in [2.24, 2.45) is 5.92 Å². The molecule has 3 nitrogen and oxygen atoms in total. The smallest absolute Gasteiger partial charge is 0.119 e. The molecule has 30 heavy (non-hydrogen) atoms. The van der Waals surface area contributed by atoms with Crippen LogP contribution in [0, 0.1) is 5.92 Å². The lowest BCUT2D eigenvalue weighted by Gasteiger charge is -2.19. The molecule has 0 saturated carbocycles. The van der Waals surface area contributed by atoms with Gasteiger partial charge in [0.15, 0.2) is 0 Å². The van der Waals surface area contributed by atoms with Crippen LogP contribution in [0.15, 0.2) is 48.5 Å². The Balaban J connectivity index is 1.86. The summed E-state index contributed by atoms with van der Waals surface area (Å²) in [6.45, 7) is 15.0. The largest absolute Gasteiger partial charge is 0.491 e. The summed E-state index contributed by atoms with van der Waals surface area (Å²) in [5.41, 5.74) is 2.79. The first-order valence-electron chi connectivity index (χ1n) is 11.7. The first-order chi connectivity index (χ1) is 14.3. The highest BCUT2D eigenvalue weighted by Gasteiger charge is 2.14. The van der Waals surface area contributed by atoms with Gasteiger partial charge in [0.1, 0.15) is 18.0 Å². The van der Waals surface area contributed by atoms with Crippen LogP contribution < -0.4 is 14.8 Å². The number of quaternary nitrogens is 1. The van der Waals surface area contributed by atoms with E-state index in [9.17, 15) is 0 Å². The number of nitrogens with two attached hydrogens (primary N) is 1. The Kier molecular flexibility index (Phi) is 10.2. The molecule has 0 radical (unpaired) electrons. The first kappa shape index (κ1) is 24.3. The molecule has 0 unspecified atom stereocenters. The van der Waals surface area contributed by atoms with Crippen molar-refractivity contribution < 1.29 is 14.8 Å². The van der Waals surface area contributed by atoms with Crippen LogP contribution in [-0.4, -0.2) is 18.8 Å². The third-order valence-corrected chi connectivity index (χ3v) is 5.21. The van der Waals surface area contributed by atoms with Crippen LogP contribution in [0.5, 0.6) is 11.5 Å². The molecule has 0 aliphatic carbocycles. The molecule has 166 valence electrons. The average molecular weight is 413 g/mol. The molecule has 0 heterocycles. The second-order valence-electron chi connectivity index (χ2n) is 9.28. The van der Waals surface area contributed by atoms with Gasteiger partial charge in [0, 0.05) is 12.0 Å². The van der Waals surface area contributed by atoms with Crippen LogP contribution in [-0.2, 0) is 6.54 Å². The van der Waals surface area contributed by atoms with E-state index < -0.39 is 0 Å². The number of hydrogen-bond donors (Lipinski definition) is 1. The van der Waals surface area contributed by atoms with E-state index in [2.05, 4.69) is 95.4 Å². The van der Waals surface area contributed by atoms with Crippen LogP contribution >= 0.6 is 0 Å². The molecule has 0 spiro atoms. The lowest BCUT2D eigenvalue weighted by Crippen LogP contribution is -2.82. The molecule has 0 aromatic heterocycles. The summed E-state index contributed by atoms with van der Waals surface area (Å²) in [6.07, 6.45) is 4.15. The fraction of sp³-hybridized carbons (Fsp3) is 0.556. The molecule has 3 heteroatoms. The predicted molar refractivity (Wildman–Crippen MR) is 126 cm³/mol. The minimum atomic E-state index is 0.216. The second-order valence-corrected chi connectivity index (χ2v) is 9.28. The van der Waals surface area contributed by atoms with E-state index in [1.807, 2.05) is 0 Å². The van der Waals surface area contributed by atoms with Gasteiger partial charge >= 0.3 is 0 Å². The standard InChI is InChI=1S/C27H41NO2/c1-20(2)7-10-25(24-11-15-27(16-12-24)30-22(5)6)17-18-28-19-23-8-13-26(14-9-23)29-21(3)4/h8-9,11-16,20-22,25,28H,7,10,17-19H2,1-6H3/p+1/t25-/m0/s1. The molecule has 2 N–H and O–H groups in total. The number of ether oxygens (including phenoxy) is 2. The van der Waals surface area contributed by atoms with Crippen molar-refractivity contribution in [3.63, 3.8) is 0 Å². The van der Waals surface area contributed by atoms with Crippen LogP contribution in [0.4, 0.5) is 0 Å². The highest BCUT2D eigenvalue weighted by atomic mass is 16.5. The third-order valence-electron chi connectivity index (χ3n) is 5.21. The Hall–Kier alpha value is -2.00. The molecule has 2 rings (SSSR count). The fourth-order valence-electron chi connectivity index (χ4n) is 3.67. The quantitative estimate of drug-likeness (QED) is 0.414. The molecule has 0 fully saturated rings. The van der Waals surface area contributed by atoms with E-state index in [0.717, 1.165) is 30.5 Å². The van der Waals surface area contributed by atoms with Gasteiger partial charge in [0.2, 0.25) is 0 Å². The minimum Gasteiger partial charge on any atom is -0.491 e. The van der Waals surface area contributed by atoms with Crippen molar-refractivity contribution >= 4 is 0 Å². The Bertz CT molecular complexity index is 705. The Labute approximate surface area is 184 Å². The molecule has 2 aromatic carbocycles. The maximum Gasteiger partial charge on any atom is 0.119 e. The molecule has 1 atom stereocenters. The maximum atomic E-state index is 5.81. The highest BCUT2D eigenvalue weighted by Crippen LogP contribution is 2.28. The monoisotopic (exact) mass is 412 g/mol. The summed E-state index contributed by atoms with van der Waals surface area (Å²) in [5.74, 6) is 3.27. The van der Waals surface area contributed by atoms with E-state index in [-0.39, 0.29) is 12.2 Å². The molecular formula is C27H42NO2+. The summed E-state index contributed by atoms with van der Waals surface area (Å²) >= 11 is 0. The average Bonchev–Trinajstić information content (AvgIpc) is 2.68. The predicted octanol–water partition coefficient (Wildman–Crippen LogP) is 5.93. The van der Waals surface area contributed by atoms with Gasteiger partial charge in [-0.05, 0) is 87.9 Å². The molecular weight excluding hydrogens is 370 g/mol. The Morgan fingerprint density at radius 2 is 1.20 bits per heavy atom. The lowest BCUT2D eigenvalue weighted by atomic mass is 9.88. The van der Waals surface area contributed by atoms with Gasteiger partial charge in [0.05, 0.1) is 18.8 Å². The van der Waals surface area contributed by atoms with Gasteiger partial charge in [-0.3, -0.25) is 0 Å². The van der Waals surface area contributed by atoms with Crippen molar-refractivity contribution in [1.29, 1.82) is 0 Å². The van der Waals surface area contributed by atoms with Gasteiger partial charge in [-0.2, -0.15) is 0 Å². The second kappa shape index (κ2) is 12.6. The van der Waals surface area contributed by atoms with E-state index in [1.54, 1.807) is 0 Å². The van der Waals surface area contributed by atoms with Crippen molar-refractivity contribution in [2.75, 3.05) is 6.54 Å². The minimum absolute atomic E-state index is 0.216. The maximum absolute atomic E-state index is 5.81. The summed E-state index contributed by atoms with van der Waals surface area (Å²) in [5, 5.41) is 2.43.